The highest BCUT2D eigenvalue weighted by Gasteiger charge is 2.86. The summed E-state index contributed by atoms with van der Waals surface area (Å²) in [5.41, 5.74) is 6.63. The zero-order valence-electron chi connectivity index (χ0n) is 36.7. The predicted octanol–water partition coefficient (Wildman–Crippen LogP) is 6.27. The molecular formula is C51H61N3O8. The van der Waals surface area contributed by atoms with Crippen molar-refractivity contribution in [2.24, 2.45) is 79.5 Å². The molecule has 9 N–H and O–H groups in total. The van der Waals surface area contributed by atoms with Crippen LogP contribution in [0.15, 0.2) is 98.3 Å². The lowest BCUT2D eigenvalue weighted by atomic mass is 9.33. The predicted molar refractivity (Wildman–Crippen MR) is 234 cm³/mol. The number of carboxylic acids is 1. The molecule has 0 aliphatic heterocycles. The second-order valence-electron chi connectivity index (χ2n) is 21.6. The molecule has 0 heterocycles. The van der Waals surface area contributed by atoms with Gasteiger partial charge in [0, 0.05) is 58.5 Å². The van der Waals surface area contributed by atoms with Gasteiger partial charge in [-0.15, -0.1) is 0 Å². The van der Waals surface area contributed by atoms with E-state index in [0.29, 0.717) is 66.4 Å². The third-order valence-electron chi connectivity index (χ3n) is 19.1. The molecule has 0 aromatic heterocycles. The van der Waals surface area contributed by atoms with E-state index < -0.39 is 97.2 Å². The molecular weight excluding hydrogens is 783 g/mol. The number of benzene rings is 1. The maximum atomic E-state index is 16.3. The number of aliphatic hydroxyl groups is 4. The van der Waals surface area contributed by atoms with Gasteiger partial charge in [-0.3, -0.25) is 14.6 Å². The van der Waals surface area contributed by atoms with E-state index in [-0.39, 0.29) is 36.9 Å². The van der Waals surface area contributed by atoms with Gasteiger partial charge >= 0.3 is 5.97 Å². The third-order valence-corrected chi connectivity index (χ3v) is 19.1. The number of rotatable bonds is 6. The molecule has 0 bridgehead atoms. The fraction of sp³-hybridized carbons (Fsp3) is 0.569. The van der Waals surface area contributed by atoms with E-state index in [1.54, 1.807) is 0 Å². The van der Waals surface area contributed by atoms with E-state index in [1.807, 2.05) is 62.4 Å². The summed E-state index contributed by atoms with van der Waals surface area (Å²) in [6.07, 6.45) is 11.6. The maximum Gasteiger partial charge on any atom is 0.334 e. The number of carbonyl (C=O) groups excluding carboxylic acids is 2. The lowest BCUT2D eigenvalue weighted by Gasteiger charge is -2.70. The first-order valence-electron chi connectivity index (χ1n) is 22.7. The van der Waals surface area contributed by atoms with Crippen LogP contribution >= 0.6 is 0 Å². The van der Waals surface area contributed by atoms with Crippen molar-refractivity contribution in [2.75, 3.05) is 6.54 Å². The van der Waals surface area contributed by atoms with Crippen LogP contribution in [0, 0.1) is 63.1 Å². The molecule has 4 fully saturated rings. The van der Waals surface area contributed by atoms with Crippen molar-refractivity contribution in [2.45, 2.75) is 110 Å². The molecule has 10 rings (SSSR count). The van der Waals surface area contributed by atoms with Gasteiger partial charge in [0.25, 0.3) is 0 Å². The van der Waals surface area contributed by atoms with Crippen LogP contribution < -0.4 is 11.5 Å². The molecule has 9 aliphatic rings. The summed E-state index contributed by atoms with van der Waals surface area (Å²) in [5, 5.41) is 64.8. The summed E-state index contributed by atoms with van der Waals surface area (Å²) in [4.78, 5) is 47.6. The van der Waals surface area contributed by atoms with Crippen molar-refractivity contribution >= 4 is 29.6 Å². The largest absolute Gasteiger partial charge is 0.508 e. The van der Waals surface area contributed by atoms with E-state index in [0.717, 1.165) is 11.1 Å². The van der Waals surface area contributed by atoms with Gasteiger partial charge in [0.2, 0.25) is 0 Å². The molecule has 9 aliphatic carbocycles. The number of carboxylic acid groups (broad SMARTS) is 1. The van der Waals surface area contributed by atoms with Gasteiger partial charge in [0.15, 0.2) is 17.3 Å². The fourth-order valence-corrected chi connectivity index (χ4v) is 16.7. The minimum absolute atomic E-state index is 0.0394. The molecule has 1 aromatic rings. The highest BCUT2D eigenvalue weighted by atomic mass is 16.4. The van der Waals surface area contributed by atoms with E-state index in [1.165, 1.54) is 6.92 Å². The Bertz CT molecular complexity index is 2490. The maximum absolute atomic E-state index is 16.3. The topological polar surface area (TPSA) is 217 Å². The van der Waals surface area contributed by atoms with Crippen LogP contribution in [-0.4, -0.2) is 72.4 Å². The highest BCUT2D eigenvalue weighted by Crippen LogP contribution is 2.85. The molecule has 328 valence electrons. The molecule has 0 spiro atoms. The van der Waals surface area contributed by atoms with Gasteiger partial charge in [-0.05, 0) is 96.1 Å². The van der Waals surface area contributed by atoms with Crippen LogP contribution in [0.3, 0.4) is 0 Å². The number of aliphatic carboxylic acids is 1. The monoisotopic (exact) mass is 843 g/mol. The Morgan fingerprint density at radius 3 is 2.35 bits per heavy atom. The molecule has 0 radical (unpaired) electrons. The van der Waals surface area contributed by atoms with Gasteiger partial charge in [0.1, 0.15) is 22.7 Å². The Hall–Kier alpha value is -4.58. The minimum atomic E-state index is -2.25. The number of fused-ring (bicyclic) bond motifs is 2. The Morgan fingerprint density at radius 2 is 1.68 bits per heavy atom. The Morgan fingerprint density at radius 1 is 0.984 bits per heavy atom. The van der Waals surface area contributed by atoms with Gasteiger partial charge in [0.05, 0.1) is 5.57 Å². The van der Waals surface area contributed by atoms with Crippen molar-refractivity contribution in [3.63, 3.8) is 0 Å². The molecule has 1 aromatic carbocycles. The SMILES string of the molecule is C/C(C(=O)O)=C(/O)[C@]1(O)C2=CCC3=C2[C@@H]2[C@@H]4[C@H](CCCC[C@@H]5C(=O)C6=C7[C@@](C)([C@@]45C)[C@]2(O)C(=C[C@@]7(O)[C@H](/C=C/c2ccccc2)[C@@H]2C(C)(C)C(=O)CC[C@]62C)C3)[C@@H]1CN=C(N)N. The Labute approximate surface area is 363 Å². The van der Waals surface area contributed by atoms with Crippen LogP contribution in [0.1, 0.15) is 98.5 Å². The molecule has 13 atom stereocenters. The Balaban J connectivity index is 1.34. The van der Waals surface area contributed by atoms with Gasteiger partial charge in [-0.1, -0.05) is 102 Å². The fourth-order valence-electron chi connectivity index (χ4n) is 16.7. The van der Waals surface area contributed by atoms with Crippen molar-refractivity contribution in [1.29, 1.82) is 0 Å². The number of nitrogens with two attached hydrogens (primary N) is 2. The van der Waals surface area contributed by atoms with E-state index in [4.69, 9.17) is 11.5 Å². The first-order valence-corrected chi connectivity index (χ1v) is 22.7. The first-order chi connectivity index (χ1) is 29.1. The summed E-state index contributed by atoms with van der Waals surface area (Å²) < 4.78 is 0. The Kier molecular flexibility index (Phi) is 8.54. The van der Waals surface area contributed by atoms with E-state index in [2.05, 4.69) is 31.8 Å². The second-order valence-corrected chi connectivity index (χ2v) is 21.6. The first kappa shape index (κ1) is 41.4. The number of carbonyl (C=O) groups is 3. The van der Waals surface area contributed by atoms with Gasteiger partial charge in [-0.25, -0.2) is 4.79 Å². The summed E-state index contributed by atoms with van der Waals surface area (Å²) in [6.45, 7) is 11.5. The number of Topliss-reactive ketones (excluding diaryl/α,β-unsaturated/α-hetero) is 2. The number of allylic oxidation sites excluding steroid dienone is 3. The summed E-state index contributed by atoms with van der Waals surface area (Å²) >= 11 is 0. The summed E-state index contributed by atoms with van der Waals surface area (Å²) in [5.74, 6) is -6.66. The van der Waals surface area contributed by atoms with Gasteiger partial charge in [-0.2, -0.15) is 0 Å². The molecule has 62 heavy (non-hydrogen) atoms. The number of aliphatic hydroxyl groups excluding tert-OH is 1. The lowest BCUT2D eigenvalue weighted by molar-refractivity contribution is -0.174. The number of hydrogen-bond acceptors (Lipinski definition) is 8. The third kappa shape index (κ3) is 4.53. The minimum Gasteiger partial charge on any atom is -0.508 e. The molecule has 4 saturated carbocycles. The van der Waals surface area contributed by atoms with Crippen LogP contribution in [0.25, 0.3) is 6.08 Å². The van der Waals surface area contributed by atoms with Crippen molar-refractivity contribution in [1.82, 2.24) is 0 Å². The molecule has 0 unspecified atom stereocenters. The van der Waals surface area contributed by atoms with Crippen LogP contribution in [0.2, 0.25) is 0 Å². The summed E-state index contributed by atoms with van der Waals surface area (Å²) in [6, 6.07) is 9.88. The zero-order chi connectivity index (χ0) is 44.5. The van der Waals surface area contributed by atoms with Crippen LogP contribution in [0.4, 0.5) is 0 Å². The number of ketones is 2. The molecule has 11 heteroatoms. The molecule has 0 amide bonds. The standard InChI is InChI=1S/C51H61N3O8/c1-25(43(58)59)42(57)50(61)30-19-17-27-22-28-23-49(60)32(18-16-26-12-8-7-9-13-26)40-45(2,3)34(55)20-21-46(40,4)38-39(56)31-15-11-10-14-29(33(50)24-54-44(52)53)36-37(35(27)30)51(28,62)48(6,41(38)49)47(31,36)5/h7-9,12-13,16,18-19,23,29,31-33,36-37,40,57,60-62H,10-11,14-15,17,20-22,24H2,1-6H3,(H,58,59)(H4,52,53,54)/b18-16+,42-25-/t29-,31-,32-,33+,36+,37-,40-,46-,47-,48+,49-,50+,51+/m1/s1. The second kappa shape index (κ2) is 12.8. The summed E-state index contributed by atoms with van der Waals surface area (Å²) in [7, 11) is 0. The average molecular weight is 844 g/mol. The van der Waals surface area contributed by atoms with E-state index in [9.17, 15) is 35.1 Å². The number of guanidine groups is 1. The van der Waals surface area contributed by atoms with Crippen molar-refractivity contribution in [3.8, 4) is 0 Å². The number of hydrogen-bond donors (Lipinski definition) is 7. The average Bonchev–Trinajstić information content (AvgIpc) is 3.67. The van der Waals surface area contributed by atoms with Crippen LogP contribution in [-0.2, 0) is 14.4 Å². The quantitative estimate of drug-likeness (QED) is 0.0560. The van der Waals surface area contributed by atoms with Gasteiger partial charge < -0.3 is 37.0 Å². The lowest BCUT2D eigenvalue weighted by Crippen LogP contribution is -2.72. The highest BCUT2D eigenvalue weighted by molar-refractivity contribution is 6.04. The number of aliphatic imine (C=N–C) groups is 1. The van der Waals surface area contributed by atoms with Crippen LogP contribution in [0.5, 0.6) is 0 Å². The number of nitrogens with zero attached hydrogens (tertiary/aromatic N) is 1. The molecule has 0 saturated heterocycles. The smallest absolute Gasteiger partial charge is 0.334 e. The molecule has 11 nitrogen and oxygen atoms in total. The van der Waals surface area contributed by atoms with Crippen molar-refractivity contribution < 1.29 is 39.9 Å². The van der Waals surface area contributed by atoms with Crippen molar-refractivity contribution in [3.05, 3.63) is 98.9 Å². The normalized spacial score (nSPS) is 44.8. The zero-order valence-corrected chi connectivity index (χ0v) is 36.7. The van der Waals surface area contributed by atoms with E-state index >= 15 is 4.79 Å².